The SMILES string of the molecule is COCC12CCC(CC1)C2. The van der Waals surface area contributed by atoms with E-state index in [1.165, 1.54) is 32.1 Å². The van der Waals surface area contributed by atoms with Gasteiger partial charge in [0, 0.05) is 7.11 Å². The van der Waals surface area contributed by atoms with Gasteiger partial charge in [0.05, 0.1) is 6.61 Å². The van der Waals surface area contributed by atoms with E-state index in [0.717, 1.165) is 12.5 Å². The minimum absolute atomic E-state index is 0.638. The van der Waals surface area contributed by atoms with E-state index in [0.29, 0.717) is 5.41 Å². The van der Waals surface area contributed by atoms with Crippen LogP contribution < -0.4 is 0 Å². The molecule has 1 nitrogen and oxygen atoms in total. The van der Waals surface area contributed by atoms with Gasteiger partial charge in [0.25, 0.3) is 0 Å². The standard InChI is InChI=1S/C9H16O/c1-10-7-9-4-2-8(6-9)3-5-9/h8H,2-7H2,1H3. The van der Waals surface area contributed by atoms with Crippen LogP contribution in [0.5, 0.6) is 0 Å². The first kappa shape index (κ1) is 6.66. The lowest BCUT2D eigenvalue weighted by molar-refractivity contribution is 0.0860. The predicted octanol–water partition coefficient (Wildman–Crippen LogP) is 2.21. The Morgan fingerprint density at radius 2 is 2.10 bits per heavy atom. The van der Waals surface area contributed by atoms with E-state index >= 15 is 0 Å². The van der Waals surface area contributed by atoms with Gasteiger partial charge in [0.2, 0.25) is 0 Å². The van der Waals surface area contributed by atoms with E-state index in [2.05, 4.69) is 0 Å². The highest BCUT2D eigenvalue weighted by atomic mass is 16.5. The van der Waals surface area contributed by atoms with Gasteiger partial charge < -0.3 is 4.74 Å². The molecular weight excluding hydrogens is 124 g/mol. The maximum atomic E-state index is 5.25. The molecule has 0 amide bonds. The molecule has 0 atom stereocenters. The van der Waals surface area contributed by atoms with E-state index in [1.807, 2.05) is 7.11 Å². The van der Waals surface area contributed by atoms with Crippen LogP contribution >= 0.6 is 0 Å². The summed E-state index contributed by atoms with van der Waals surface area (Å²) in [5, 5.41) is 0. The third-order valence-corrected chi connectivity index (χ3v) is 3.34. The van der Waals surface area contributed by atoms with Crippen LogP contribution in [0.25, 0.3) is 0 Å². The van der Waals surface area contributed by atoms with Gasteiger partial charge in [-0.3, -0.25) is 0 Å². The second-order valence-electron chi connectivity index (χ2n) is 4.08. The molecule has 2 aliphatic carbocycles. The topological polar surface area (TPSA) is 9.23 Å². The molecule has 2 fully saturated rings. The minimum atomic E-state index is 0.638. The fraction of sp³-hybridized carbons (Fsp3) is 1.00. The molecule has 0 aliphatic heterocycles. The molecule has 0 aromatic carbocycles. The first-order valence-corrected chi connectivity index (χ1v) is 4.34. The maximum Gasteiger partial charge on any atom is 0.0518 e. The summed E-state index contributed by atoms with van der Waals surface area (Å²) in [6.07, 6.45) is 7.28. The van der Waals surface area contributed by atoms with Crippen molar-refractivity contribution in [3.05, 3.63) is 0 Å². The van der Waals surface area contributed by atoms with Crippen molar-refractivity contribution in [3.63, 3.8) is 0 Å². The molecule has 0 aromatic rings. The molecule has 58 valence electrons. The van der Waals surface area contributed by atoms with Crippen LogP contribution in [-0.4, -0.2) is 13.7 Å². The van der Waals surface area contributed by atoms with Crippen molar-refractivity contribution in [2.24, 2.45) is 11.3 Å². The van der Waals surface area contributed by atoms with Crippen molar-refractivity contribution in [1.29, 1.82) is 0 Å². The van der Waals surface area contributed by atoms with E-state index in [4.69, 9.17) is 4.74 Å². The Labute approximate surface area is 62.8 Å². The summed E-state index contributed by atoms with van der Waals surface area (Å²) in [6, 6.07) is 0. The van der Waals surface area contributed by atoms with Crippen LogP contribution in [0.4, 0.5) is 0 Å². The van der Waals surface area contributed by atoms with Crippen LogP contribution in [0.3, 0.4) is 0 Å². The summed E-state index contributed by atoms with van der Waals surface area (Å²) in [5.41, 5.74) is 0.638. The van der Waals surface area contributed by atoms with E-state index < -0.39 is 0 Å². The summed E-state index contributed by atoms with van der Waals surface area (Å²) in [4.78, 5) is 0. The Bertz CT molecular complexity index is 123. The van der Waals surface area contributed by atoms with Gasteiger partial charge >= 0.3 is 0 Å². The van der Waals surface area contributed by atoms with Crippen molar-refractivity contribution in [3.8, 4) is 0 Å². The molecule has 0 aromatic heterocycles. The molecule has 2 bridgehead atoms. The molecule has 2 aliphatic rings. The number of rotatable bonds is 2. The fourth-order valence-corrected chi connectivity index (χ4v) is 2.82. The average molecular weight is 140 g/mol. The second kappa shape index (κ2) is 2.23. The zero-order chi connectivity index (χ0) is 7.03. The highest BCUT2D eigenvalue weighted by Crippen LogP contribution is 2.53. The third-order valence-electron chi connectivity index (χ3n) is 3.34. The summed E-state index contributed by atoms with van der Waals surface area (Å²) in [6.45, 7) is 1.02. The van der Waals surface area contributed by atoms with E-state index in [-0.39, 0.29) is 0 Å². The van der Waals surface area contributed by atoms with Gasteiger partial charge in [0.15, 0.2) is 0 Å². The molecule has 0 unspecified atom stereocenters. The molecule has 0 spiro atoms. The van der Waals surface area contributed by atoms with Crippen LogP contribution in [0.1, 0.15) is 32.1 Å². The Balaban J connectivity index is 2.01. The Morgan fingerprint density at radius 1 is 1.40 bits per heavy atom. The van der Waals surface area contributed by atoms with Crippen LogP contribution in [0, 0.1) is 11.3 Å². The summed E-state index contributed by atoms with van der Waals surface area (Å²) >= 11 is 0. The molecule has 0 saturated heterocycles. The molecule has 0 heterocycles. The summed E-state index contributed by atoms with van der Waals surface area (Å²) in [7, 11) is 1.83. The van der Waals surface area contributed by atoms with E-state index in [1.54, 1.807) is 0 Å². The zero-order valence-corrected chi connectivity index (χ0v) is 6.73. The Hall–Kier alpha value is -0.0400. The minimum Gasteiger partial charge on any atom is -0.384 e. The van der Waals surface area contributed by atoms with Gasteiger partial charge in [-0.25, -0.2) is 0 Å². The van der Waals surface area contributed by atoms with Gasteiger partial charge in [-0.2, -0.15) is 0 Å². The first-order valence-electron chi connectivity index (χ1n) is 4.34. The average Bonchev–Trinajstić information content (AvgIpc) is 2.46. The lowest BCUT2D eigenvalue weighted by atomic mass is 9.85. The van der Waals surface area contributed by atoms with Crippen molar-refractivity contribution in [1.82, 2.24) is 0 Å². The van der Waals surface area contributed by atoms with Crippen LogP contribution in [0.15, 0.2) is 0 Å². The highest BCUT2D eigenvalue weighted by Gasteiger charge is 2.44. The summed E-state index contributed by atoms with van der Waals surface area (Å²) < 4.78 is 5.25. The van der Waals surface area contributed by atoms with Crippen LogP contribution in [0.2, 0.25) is 0 Å². The molecule has 1 heteroatoms. The van der Waals surface area contributed by atoms with Gasteiger partial charge in [0.1, 0.15) is 0 Å². The second-order valence-corrected chi connectivity index (χ2v) is 4.08. The first-order chi connectivity index (χ1) is 4.85. The maximum absolute atomic E-state index is 5.25. The van der Waals surface area contributed by atoms with Crippen LogP contribution in [-0.2, 0) is 4.74 Å². The number of fused-ring (bicyclic) bond motifs is 2. The van der Waals surface area contributed by atoms with Gasteiger partial charge in [-0.05, 0) is 43.4 Å². The number of hydrogen-bond donors (Lipinski definition) is 0. The summed E-state index contributed by atoms with van der Waals surface area (Å²) in [5.74, 6) is 1.06. The lowest BCUT2D eigenvalue weighted by Crippen LogP contribution is -2.20. The molecule has 2 rings (SSSR count). The Kier molecular flexibility index (Phi) is 1.48. The predicted molar refractivity (Wildman–Crippen MR) is 40.9 cm³/mol. The number of ether oxygens (including phenoxy) is 1. The Morgan fingerprint density at radius 3 is 2.50 bits per heavy atom. The van der Waals surface area contributed by atoms with Crippen molar-refractivity contribution >= 4 is 0 Å². The molecule has 10 heavy (non-hydrogen) atoms. The lowest BCUT2D eigenvalue weighted by Gasteiger charge is -2.24. The molecule has 0 N–H and O–H groups in total. The largest absolute Gasteiger partial charge is 0.384 e. The number of methoxy groups -OCH3 is 1. The molecule has 0 radical (unpaired) electrons. The third kappa shape index (κ3) is 0.878. The quantitative estimate of drug-likeness (QED) is 0.571. The van der Waals surface area contributed by atoms with Crippen molar-refractivity contribution < 1.29 is 4.74 Å². The normalized spacial score (nSPS) is 44.7. The zero-order valence-electron chi connectivity index (χ0n) is 6.73. The highest BCUT2D eigenvalue weighted by molar-refractivity contribution is 4.95. The van der Waals surface area contributed by atoms with Crippen molar-refractivity contribution in [2.75, 3.05) is 13.7 Å². The monoisotopic (exact) mass is 140 g/mol. The molecular formula is C9H16O. The van der Waals surface area contributed by atoms with Gasteiger partial charge in [-0.1, -0.05) is 0 Å². The fourth-order valence-electron chi connectivity index (χ4n) is 2.82. The number of hydrogen-bond acceptors (Lipinski definition) is 1. The smallest absolute Gasteiger partial charge is 0.0518 e. The van der Waals surface area contributed by atoms with Crippen molar-refractivity contribution in [2.45, 2.75) is 32.1 Å². The van der Waals surface area contributed by atoms with Gasteiger partial charge in [-0.15, -0.1) is 0 Å². The van der Waals surface area contributed by atoms with E-state index in [9.17, 15) is 0 Å². The molecule has 2 saturated carbocycles.